The van der Waals surface area contributed by atoms with Crippen molar-refractivity contribution in [2.24, 2.45) is 0 Å². The van der Waals surface area contributed by atoms with E-state index in [4.69, 9.17) is 0 Å². The second kappa shape index (κ2) is 5.24. The van der Waals surface area contributed by atoms with Gasteiger partial charge in [0.1, 0.15) is 0 Å². The predicted octanol–water partition coefficient (Wildman–Crippen LogP) is 1.85. The topological polar surface area (TPSA) is 54.5 Å². The van der Waals surface area contributed by atoms with Crippen LogP contribution in [0.3, 0.4) is 0 Å². The molecule has 0 N–H and O–H groups in total. The summed E-state index contributed by atoms with van der Waals surface area (Å²) in [5.41, 5.74) is 0.177. The number of benzene rings is 1. The molecule has 0 aliphatic carbocycles. The van der Waals surface area contributed by atoms with E-state index in [1.54, 1.807) is 11.0 Å². The Labute approximate surface area is 109 Å². The van der Waals surface area contributed by atoms with Gasteiger partial charge in [0.2, 0.25) is 9.84 Å². The minimum Gasteiger partial charge on any atom is -0.363 e. The molecule has 19 heavy (non-hydrogen) atoms. The van der Waals surface area contributed by atoms with E-state index in [0.717, 1.165) is 6.07 Å². The first-order chi connectivity index (χ1) is 8.93. The van der Waals surface area contributed by atoms with Crippen LogP contribution in [0.5, 0.6) is 0 Å². The van der Waals surface area contributed by atoms with Gasteiger partial charge >= 0.3 is 5.76 Å². The number of alkyl halides is 2. The van der Waals surface area contributed by atoms with E-state index in [1.165, 1.54) is 12.1 Å². The van der Waals surface area contributed by atoms with E-state index in [0.29, 0.717) is 19.4 Å². The number of rotatable bonds is 3. The van der Waals surface area contributed by atoms with Crippen molar-refractivity contribution in [3.63, 3.8) is 0 Å². The van der Waals surface area contributed by atoms with Gasteiger partial charge in [0.15, 0.2) is 5.78 Å². The van der Waals surface area contributed by atoms with E-state index >= 15 is 0 Å². The lowest BCUT2D eigenvalue weighted by Gasteiger charge is -2.29. The highest BCUT2D eigenvalue weighted by atomic mass is 32.2. The van der Waals surface area contributed by atoms with E-state index in [9.17, 15) is 22.0 Å². The quantitative estimate of drug-likeness (QED) is 0.852. The van der Waals surface area contributed by atoms with Crippen LogP contribution in [0.15, 0.2) is 29.2 Å². The Balaban J connectivity index is 2.44. The summed E-state index contributed by atoms with van der Waals surface area (Å²) in [4.78, 5) is 12.5. The normalized spacial score (nSPS) is 17.0. The third-order valence-corrected chi connectivity index (χ3v) is 4.43. The number of ketones is 1. The van der Waals surface area contributed by atoms with Crippen molar-refractivity contribution in [1.29, 1.82) is 0 Å². The summed E-state index contributed by atoms with van der Waals surface area (Å²) in [5.74, 6) is -3.48. The summed E-state index contributed by atoms with van der Waals surface area (Å²) in [6.07, 6.45) is 1.04. The Bertz CT molecular complexity index is 586. The van der Waals surface area contributed by atoms with Gasteiger partial charge in [-0.05, 0) is 18.6 Å². The van der Waals surface area contributed by atoms with Gasteiger partial charge < -0.3 is 4.90 Å². The minimum atomic E-state index is -4.66. The zero-order valence-corrected chi connectivity index (χ0v) is 10.9. The van der Waals surface area contributed by atoms with Gasteiger partial charge in [-0.25, -0.2) is 8.42 Å². The molecular weight excluding hydrogens is 276 g/mol. The number of anilines is 1. The van der Waals surface area contributed by atoms with Crippen molar-refractivity contribution in [3.8, 4) is 0 Å². The Morgan fingerprint density at radius 3 is 2.53 bits per heavy atom. The minimum absolute atomic E-state index is 0.0181. The molecular formula is C12H13F2NO3S. The first-order valence-electron chi connectivity index (χ1n) is 5.80. The number of piperidine rings is 1. The third kappa shape index (κ3) is 2.75. The highest BCUT2D eigenvalue weighted by molar-refractivity contribution is 7.91. The molecule has 1 aliphatic rings. The van der Waals surface area contributed by atoms with Crippen LogP contribution < -0.4 is 4.90 Å². The molecule has 0 amide bonds. The molecule has 0 spiro atoms. The number of hydrogen-bond acceptors (Lipinski definition) is 4. The number of carbonyl (C=O) groups excluding carboxylic acids is 1. The fraction of sp³-hybridized carbons (Fsp3) is 0.417. The maximum Gasteiger partial charge on any atom is 0.341 e. The second-order valence-electron chi connectivity index (χ2n) is 4.34. The average Bonchev–Trinajstić information content (AvgIpc) is 2.38. The van der Waals surface area contributed by atoms with Crippen molar-refractivity contribution in [2.75, 3.05) is 18.0 Å². The smallest absolute Gasteiger partial charge is 0.341 e. The lowest BCUT2D eigenvalue weighted by atomic mass is 10.1. The molecule has 0 atom stereocenters. The third-order valence-electron chi connectivity index (χ3n) is 3.00. The zero-order chi connectivity index (χ0) is 14.0. The largest absolute Gasteiger partial charge is 0.363 e. The molecule has 7 heteroatoms. The van der Waals surface area contributed by atoms with Gasteiger partial charge in [0.25, 0.3) is 0 Å². The fourth-order valence-electron chi connectivity index (χ4n) is 2.10. The van der Waals surface area contributed by atoms with Crippen molar-refractivity contribution >= 4 is 21.3 Å². The first kappa shape index (κ1) is 13.9. The van der Waals surface area contributed by atoms with E-state index in [1.807, 2.05) is 0 Å². The van der Waals surface area contributed by atoms with Crippen molar-refractivity contribution in [3.05, 3.63) is 24.3 Å². The van der Waals surface area contributed by atoms with Gasteiger partial charge in [-0.3, -0.25) is 4.79 Å². The number of hydrogen-bond donors (Lipinski definition) is 0. The van der Waals surface area contributed by atoms with Crippen LogP contribution in [0.4, 0.5) is 14.5 Å². The van der Waals surface area contributed by atoms with Crippen molar-refractivity contribution < 1.29 is 22.0 Å². The maximum absolute atomic E-state index is 12.6. The van der Waals surface area contributed by atoms with Crippen LogP contribution in [0, 0.1) is 0 Å². The Kier molecular flexibility index (Phi) is 3.84. The second-order valence-corrected chi connectivity index (χ2v) is 6.22. The molecule has 0 saturated carbocycles. The number of sulfone groups is 1. The molecule has 2 rings (SSSR count). The highest BCUT2D eigenvalue weighted by Gasteiger charge is 2.31. The number of Topliss-reactive ketones (excluding diaryl/α,β-unsaturated/α-hetero) is 1. The Morgan fingerprint density at radius 1 is 1.21 bits per heavy atom. The molecule has 104 valence electrons. The average molecular weight is 289 g/mol. The summed E-state index contributed by atoms with van der Waals surface area (Å²) in [6.45, 7) is 0.553. The fourth-order valence-corrected chi connectivity index (χ4v) is 3.05. The van der Waals surface area contributed by atoms with Crippen LogP contribution in [0.1, 0.15) is 12.8 Å². The molecule has 4 nitrogen and oxygen atoms in total. The molecule has 1 saturated heterocycles. The predicted molar refractivity (Wildman–Crippen MR) is 66.1 cm³/mol. The van der Waals surface area contributed by atoms with Gasteiger partial charge in [0, 0.05) is 13.0 Å². The monoisotopic (exact) mass is 289 g/mol. The Morgan fingerprint density at radius 2 is 1.89 bits per heavy atom. The Hall–Kier alpha value is -1.50. The molecule has 0 bridgehead atoms. The van der Waals surface area contributed by atoms with Crippen molar-refractivity contribution in [1.82, 2.24) is 0 Å². The van der Waals surface area contributed by atoms with Gasteiger partial charge in [-0.15, -0.1) is 0 Å². The molecule has 1 heterocycles. The van der Waals surface area contributed by atoms with Crippen LogP contribution in [-0.2, 0) is 14.6 Å². The number of nitrogens with zero attached hydrogens (tertiary/aromatic N) is 1. The van der Waals surface area contributed by atoms with E-state index in [-0.39, 0.29) is 18.0 Å². The van der Waals surface area contributed by atoms with Crippen LogP contribution >= 0.6 is 0 Å². The summed E-state index contributed by atoms with van der Waals surface area (Å²) in [7, 11) is -4.66. The first-order valence-corrected chi connectivity index (χ1v) is 7.35. The standard InChI is InChI=1S/C12H13F2NO3S/c13-12(14)19(17,18)11-6-2-1-5-10(11)15-7-3-4-9(16)8-15/h1-2,5-6,12H,3-4,7-8H2. The lowest BCUT2D eigenvalue weighted by Crippen LogP contribution is -2.36. The number of carbonyl (C=O) groups is 1. The summed E-state index contributed by atoms with van der Waals surface area (Å²) < 4.78 is 48.5. The van der Waals surface area contributed by atoms with Gasteiger partial charge in [-0.1, -0.05) is 12.1 Å². The molecule has 0 radical (unpaired) electrons. The molecule has 1 aromatic rings. The number of halogens is 2. The summed E-state index contributed by atoms with van der Waals surface area (Å²) >= 11 is 0. The van der Waals surface area contributed by atoms with E-state index in [2.05, 4.69) is 0 Å². The summed E-state index contributed by atoms with van der Waals surface area (Å²) in [6, 6.07) is 5.56. The highest BCUT2D eigenvalue weighted by Crippen LogP contribution is 2.30. The van der Waals surface area contributed by atoms with Gasteiger partial charge in [0.05, 0.1) is 17.1 Å². The maximum atomic E-state index is 12.6. The SMILES string of the molecule is O=C1CCCN(c2ccccc2S(=O)(=O)C(F)F)C1. The van der Waals surface area contributed by atoms with E-state index < -0.39 is 20.5 Å². The van der Waals surface area contributed by atoms with Crippen LogP contribution in [0.2, 0.25) is 0 Å². The zero-order valence-electron chi connectivity index (χ0n) is 10.1. The summed E-state index contributed by atoms with van der Waals surface area (Å²) in [5, 5.41) is 0. The molecule has 0 unspecified atom stereocenters. The van der Waals surface area contributed by atoms with Crippen LogP contribution in [0.25, 0.3) is 0 Å². The lowest BCUT2D eigenvalue weighted by molar-refractivity contribution is -0.118. The van der Waals surface area contributed by atoms with Crippen molar-refractivity contribution in [2.45, 2.75) is 23.5 Å². The number of para-hydroxylation sites is 1. The molecule has 1 aliphatic heterocycles. The van der Waals surface area contributed by atoms with Crippen LogP contribution in [-0.4, -0.2) is 33.0 Å². The molecule has 0 aromatic heterocycles. The molecule has 1 aromatic carbocycles. The molecule has 1 fully saturated rings. The van der Waals surface area contributed by atoms with Gasteiger partial charge in [-0.2, -0.15) is 8.78 Å².